The van der Waals surface area contributed by atoms with Gasteiger partial charge >= 0.3 is 5.97 Å². The van der Waals surface area contributed by atoms with Gasteiger partial charge in [-0.15, -0.1) is 22.7 Å². The minimum absolute atomic E-state index is 0.349. The van der Waals surface area contributed by atoms with Crippen LogP contribution in [0.4, 0.5) is 5.00 Å². The lowest BCUT2D eigenvalue weighted by atomic mass is 10.1. The molecule has 0 amide bonds. The molecular formula is C11H10BrNO2S2. The molecule has 0 aliphatic rings. The van der Waals surface area contributed by atoms with E-state index in [0.717, 1.165) is 14.2 Å². The number of thiophene rings is 2. The number of nitrogen functional groups attached to an aromatic ring is 1. The van der Waals surface area contributed by atoms with E-state index in [9.17, 15) is 4.79 Å². The number of nitrogens with two attached hydrogens (primary N) is 1. The maximum Gasteiger partial charge on any atom is 0.341 e. The molecule has 3 nitrogen and oxygen atoms in total. The van der Waals surface area contributed by atoms with E-state index in [1.165, 1.54) is 11.3 Å². The Morgan fingerprint density at radius 1 is 1.53 bits per heavy atom. The molecule has 6 heteroatoms. The molecule has 0 spiro atoms. The van der Waals surface area contributed by atoms with Crippen LogP contribution in [0.5, 0.6) is 0 Å². The van der Waals surface area contributed by atoms with Crippen LogP contribution in [0.2, 0.25) is 0 Å². The zero-order chi connectivity index (χ0) is 12.4. The van der Waals surface area contributed by atoms with Gasteiger partial charge in [0.05, 0.1) is 10.4 Å². The van der Waals surface area contributed by atoms with Gasteiger partial charge in [-0.25, -0.2) is 4.79 Å². The number of halogens is 1. The summed E-state index contributed by atoms with van der Waals surface area (Å²) in [6.07, 6.45) is 0. The zero-order valence-corrected chi connectivity index (χ0v) is 12.2. The maximum absolute atomic E-state index is 11.8. The number of carbonyl (C=O) groups is 1. The van der Waals surface area contributed by atoms with E-state index in [1.807, 2.05) is 17.5 Å². The lowest BCUT2D eigenvalue weighted by Gasteiger charge is -2.03. The molecule has 0 atom stereocenters. The van der Waals surface area contributed by atoms with Crippen LogP contribution in [-0.2, 0) is 4.74 Å². The smallest absolute Gasteiger partial charge is 0.341 e. The summed E-state index contributed by atoms with van der Waals surface area (Å²) < 4.78 is 6.04. The van der Waals surface area contributed by atoms with Crippen LogP contribution in [0.1, 0.15) is 17.3 Å². The third-order valence-corrected chi connectivity index (χ3v) is 4.61. The minimum atomic E-state index is -0.356. The van der Waals surface area contributed by atoms with Gasteiger partial charge in [-0.1, -0.05) is 0 Å². The lowest BCUT2D eigenvalue weighted by Crippen LogP contribution is -2.06. The Hall–Kier alpha value is -0.850. The predicted octanol–water partition coefficient (Wildman–Crippen LogP) is 4.00. The van der Waals surface area contributed by atoms with Crippen molar-refractivity contribution in [3.05, 3.63) is 26.9 Å². The molecule has 2 N–H and O–H groups in total. The van der Waals surface area contributed by atoms with E-state index in [4.69, 9.17) is 10.5 Å². The summed E-state index contributed by atoms with van der Waals surface area (Å²) >= 11 is 6.32. The Labute approximate surface area is 115 Å². The molecule has 0 bridgehead atoms. The van der Waals surface area contributed by atoms with Gasteiger partial charge in [-0.3, -0.25) is 0 Å². The van der Waals surface area contributed by atoms with Gasteiger partial charge in [0.2, 0.25) is 0 Å². The number of hydrogen-bond donors (Lipinski definition) is 1. The van der Waals surface area contributed by atoms with Crippen LogP contribution in [0.3, 0.4) is 0 Å². The summed E-state index contributed by atoms with van der Waals surface area (Å²) in [7, 11) is 0. The maximum atomic E-state index is 11.8. The molecule has 0 saturated heterocycles. The average molecular weight is 332 g/mol. The highest BCUT2D eigenvalue weighted by Gasteiger charge is 2.20. The Balaban J connectivity index is 2.45. The van der Waals surface area contributed by atoms with Crippen LogP contribution < -0.4 is 5.73 Å². The SMILES string of the molecule is CCOC(=O)c1c(-c2ccc(Br)s2)csc1N. The second-order valence-corrected chi connectivity index (χ2v) is 6.59. The van der Waals surface area contributed by atoms with E-state index in [1.54, 1.807) is 18.3 Å². The van der Waals surface area contributed by atoms with E-state index in [2.05, 4.69) is 15.9 Å². The third-order valence-electron chi connectivity index (χ3n) is 2.14. The van der Waals surface area contributed by atoms with Gasteiger partial charge in [-0.2, -0.15) is 0 Å². The van der Waals surface area contributed by atoms with Gasteiger partial charge < -0.3 is 10.5 Å². The first-order valence-corrected chi connectivity index (χ1v) is 7.42. The number of carbonyl (C=O) groups excluding carboxylic acids is 1. The topological polar surface area (TPSA) is 52.3 Å². The monoisotopic (exact) mass is 331 g/mol. The second kappa shape index (κ2) is 5.20. The fourth-order valence-corrected chi connectivity index (χ4v) is 3.71. The number of anilines is 1. The van der Waals surface area contributed by atoms with Crippen molar-refractivity contribution in [3.63, 3.8) is 0 Å². The summed E-state index contributed by atoms with van der Waals surface area (Å²) in [6, 6.07) is 3.90. The molecule has 0 aliphatic heterocycles. The highest BCUT2D eigenvalue weighted by atomic mass is 79.9. The first kappa shape index (κ1) is 12.6. The number of ether oxygens (including phenoxy) is 1. The van der Waals surface area contributed by atoms with Crippen LogP contribution in [0.15, 0.2) is 21.3 Å². The van der Waals surface area contributed by atoms with Crippen molar-refractivity contribution in [3.8, 4) is 10.4 Å². The Morgan fingerprint density at radius 2 is 2.29 bits per heavy atom. The second-order valence-electron chi connectivity index (χ2n) is 3.21. The fraction of sp³-hybridized carbons (Fsp3) is 0.182. The average Bonchev–Trinajstić information content (AvgIpc) is 2.85. The largest absolute Gasteiger partial charge is 0.462 e. The van der Waals surface area contributed by atoms with Crippen molar-refractivity contribution in [2.75, 3.05) is 12.3 Å². The first-order valence-electron chi connectivity index (χ1n) is 4.93. The van der Waals surface area contributed by atoms with E-state index in [0.29, 0.717) is 17.2 Å². The van der Waals surface area contributed by atoms with Crippen molar-refractivity contribution in [2.45, 2.75) is 6.92 Å². The number of hydrogen-bond acceptors (Lipinski definition) is 5. The Bertz CT molecular complexity index is 547. The van der Waals surface area contributed by atoms with Crippen LogP contribution in [0, 0.1) is 0 Å². The van der Waals surface area contributed by atoms with Gasteiger partial charge in [0, 0.05) is 15.8 Å². The van der Waals surface area contributed by atoms with Crippen LogP contribution >= 0.6 is 38.6 Å². The van der Waals surface area contributed by atoms with E-state index >= 15 is 0 Å². The zero-order valence-electron chi connectivity index (χ0n) is 9.03. The van der Waals surface area contributed by atoms with Gasteiger partial charge in [0.1, 0.15) is 10.6 Å². The summed E-state index contributed by atoms with van der Waals surface area (Å²) in [5.74, 6) is -0.356. The molecule has 90 valence electrons. The minimum Gasteiger partial charge on any atom is -0.462 e. The molecule has 0 saturated carbocycles. The molecule has 0 radical (unpaired) electrons. The molecule has 2 heterocycles. The molecule has 2 aromatic heterocycles. The van der Waals surface area contributed by atoms with Gasteiger partial charge in [0.15, 0.2) is 0 Å². The van der Waals surface area contributed by atoms with Crippen molar-refractivity contribution in [1.82, 2.24) is 0 Å². The predicted molar refractivity (Wildman–Crippen MR) is 75.7 cm³/mol. The number of esters is 1. The van der Waals surface area contributed by atoms with Gasteiger partial charge in [0.25, 0.3) is 0 Å². The fourth-order valence-electron chi connectivity index (χ4n) is 1.43. The normalized spacial score (nSPS) is 10.5. The highest BCUT2D eigenvalue weighted by molar-refractivity contribution is 9.11. The molecule has 0 aromatic carbocycles. The summed E-state index contributed by atoms with van der Waals surface area (Å²) in [5.41, 5.74) is 7.15. The third kappa shape index (κ3) is 2.53. The molecular weight excluding hydrogens is 322 g/mol. The van der Waals surface area contributed by atoms with Crippen molar-refractivity contribution in [1.29, 1.82) is 0 Å². The van der Waals surface area contributed by atoms with E-state index in [-0.39, 0.29) is 5.97 Å². The molecule has 0 aliphatic carbocycles. The molecule has 17 heavy (non-hydrogen) atoms. The number of rotatable bonds is 3. The van der Waals surface area contributed by atoms with Crippen LogP contribution in [0.25, 0.3) is 10.4 Å². The molecule has 0 unspecified atom stereocenters. The molecule has 0 fully saturated rings. The Kier molecular flexibility index (Phi) is 3.86. The standard InChI is InChI=1S/C11H10BrNO2S2/c1-2-15-11(14)9-6(5-16-10(9)13)7-3-4-8(12)17-7/h3-5H,2,13H2,1H3. The van der Waals surface area contributed by atoms with Gasteiger partial charge in [-0.05, 0) is 35.0 Å². The quantitative estimate of drug-likeness (QED) is 0.865. The molecule has 2 aromatic rings. The summed E-state index contributed by atoms with van der Waals surface area (Å²) in [5, 5.41) is 2.39. The van der Waals surface area contributed by atoms with Crippen LogP contribution in [-0.4, -0.2) is 12.6 Å². The summed E-state index contributed by atoms with van der Waals surface area (Å²) in [6.45, 7) is 2.13. The van der Waals surface area contributed by atoms with Crippen molar-refractivity contribution >= 4 is 49.6 Å². The van der Waals surface area contributed by atoms with E-state index < -0.39 is 0 Å². The lowest BCUT2D eigenvalue weighted by molar-refractivity contribution is 0.0529. The molecule has 2 rings (SSSR count). The van der Waals surface area contributed by atoms with Crippen molar-refractivity contribution < 1.29 is 9.53 Å². The Morgan fingerprint density at radius 3 is 2.88 bits per heavy atom. The first-order chi connectivity index (χ1) is 8.13. The highest BCUT2D eigenvalue weighted by Crippen LogP contribution is 2.38. The van der Waals surface area contributed by atoms with Crippen molar-refractivity contribution in [2.24, 2.45) is 0 Å². The summed E-state index contributed by atoms with van der Waals surface area (Å²) in [4.78, 5) is 12.8.